The lowest BCUT2D eigenvalue weighted by atomic mass is 9.82. The number of hydrogen-bond donors (Lipinski definition) is 2. The van der Waals surface area contributed by atoms with E-state index in [1.54, 1.807) is 12.2 Å². The summed E-state index contributed by atoms with van der Waals surface area (Å²) in [4.78, 5) is 11.1. The van der Waals surface area contributed by atoms with Gasteiger partial charge in [0, 0.05) is 0 Å². The minimum atomic E-state index is -0.509. The van der Waals surface area contributed by atoms with Crippen molar-refractivity contribution in [2.24, 2.45) is 11.1 Å². The molecule has 0 heterocycles. The Labute approximate surface area is 90.6 Å². The maximum Gasteiger partial charge on any atom is 0.250 e. The zero-order valence-corrected chi connectivity index (χ0v) is 9.34. The topological polar surface area (TPSA) is 66.9 Å². The van der Waals surface area contributed by atoms with E-state index in [0.29, 0.717) is 5.57 Å². The quantitative estimate of drug-likeness (QED) is 0.730. The molecular weight excluding hydrogens is 188 g/mol. The van der Waals surface area contributed by atoms with E-state index in [1.807, 2.05) is 6.08 Å². The van der Waals surface area contributed by atoms with Crippen LogP contribution in [0.15, 0.2) is 23.8 Å². The summed E-state index contributed by atoms with van der Waals surface area (Å²) in [7, 11) is 0. The van der Waals surface area contributed by atoms with Crippen LogP contribution in [0.25, 0.3) is 0 Å². The van der Waals surface area contributed by atoms with Crippen molar-refractivity contribution in [1.82, 2.24) is 0 Å². The molecule has 0 aromatic rings. The van der Waals surface area contributed by atoms with Crippen LogP contribution in [-0.4, -0.2) is 11.6 Å². The molecule has 1 aliphatic rings. The Morgan fingerprint density at radius 2 is 2.33 bits per heavy atom. The highest BCUT2D eigenvalue weighted by molar-refractivity contribution is 6.24. The monoisotopic (exact) mass is 206 g/mol. The van der Waals surface area contributed by atoms with Gasteiger partial charge in [0.1, 0.15) is 0 Å². The number of nitrogens with two attached hydrogens (primary N) is 1. The predicted molar refractivity (Wildman–Crippen MR) is 61.8 cm³/mol. The maximum absolute atomic E-state index is 11.1. The molecular formula is C12H18N2O. The van der Waals surface area contributed by atoms with E-state index >= 15 is 0 Å². The number of carbonyl (C=O) groups excluding carboxylic acids is 1. The highest BCUT2D eigenvalue weighted by Crippen LogP contribution is 2.32. The van der Waals surface area contributed by atoms with E-state index in [9.17, 15) is 4.79 Å². The fourth-order valence-corrected chi connectivity index (χ4v) is 1.88. The van der Waals surface area contributed by atoms with Gasteiger partial charge >= 0.3 is 0 Å². The van der Waals surface area contributed by atoms with Crippen LogP contribution in [-0.2, 0) is 4.79 Å². The van der Waals surface area contributed by atoms with E-state index in [2.05, 4.69) is 13.8 Å². The fraction of sp³-hybridized carbons (Fsp3) is 0.500. The van der Waals surface area contributed by atoms with Gasteiger partial charge in [-0.05, 0) is 24.3 Å². The molecule has 0 bridgehead atoms. The molecule has 3 N–H and O–H groups in total. The number of nitrogens with one attached hydrogen (secondary N) is 1. The van der Waals surface area contributed by atoms with Crippen LogP contribution in [0.2, 0.25) is 0 Å². The Morgan fingerprint density at radius 3 is 2.87 bits per heavy atom. The van der Waals surface area contributed by atoms with Gasteiger partial charge in [0.25, 0.3) is 5.91 Å². The van der Waals surface area contributed by atoms with E-state index < -0.39 is 5.91 Å². The summed E-state index contributed by atoms with van der Waals surface area (Å²) in [6.07, 6.45) is 8.43. The van der Waals surface area contributed by atoms with Crippen molar-refractivity contribution in [3.63, 3.8) is 0 Å². The Kier molecular flexibility index (Phi) is 3.45. The zero-order chi connectivity index (χ0) is 11.5. The van der Waals surface area contributed by atoms with Gasteiger partial charge in [0.05, 0.1) is 11.3 Å². The average molecular weight is 206 g/mol. The molecule has 1 atom stereocenters. The Balaban J connectivity index is 2.95. The first-order valence-corrected chi connectivity index (χ1v) is 5.26. The van der Waals surface area contributed by atoms with Crippen molar-refractivity contribution in [2.75, 3.05) is 0 Å². The number of carbonyl (C=O) groups is 1. The normalized spacial score (nSPS) is 26.0. The van der Waals surface area contributed by atoms with E-state index in [4.69, 9.17) is 11.1 Å². The molecule has 15 heavy (non-hydrogen) atoms. The molecule has 0 aliphatic heterocycles. The molecule has 0 aromatic carbocycles. The van der Waals surface area contributed by atoms with Crippen LogP contribution in [0.3, 0.4) is 0 Å². The van der Waals surface area contributed by atoms with Gasteiger partial charge in [-0.3, -0.25) is 4.79 Å². The third kappa shape index (κ3) is 2.78. The summed E-state index contributed by atoms with van der Waals surface area (Å²) in [5, 5.41) is 7.67. The summed E-state index contributed by atoms with van der Waals surface area (Å²) in [5.74, 6) is -0.509. The van der Waals surface area contributed by atoms with Gasteiger partial charge in [0.2, 0.25) is 0 Å². The average Bonchev–Trinajstić information content (AvgIpc) is 2.28. The lowest BCUT2D eigenvalue weighted by molar-refractivity contribution is -0.114. The third-order valence-electron chi connectivity index (χ3n) is 2.80. The first-order chi connectivity index (χ1) is 6.98. The minimum Gasteiger partial charge on any atom is -0.366 e. The van der Waals surface area contributed by atoms with Gasteiger partial charge in [0.15, 0.2) is 0 Å². The second kappa shape index (κ2) is 4.43. The molecule has 1 amide bonds. The van der Waals surface area contributed by atoms with Crippen LogP contribution in [0.4, 0.5) is 0 Å². The zero-order valence-electron chi connectivity index (χ0n) is 9.34. The van der Waals surface area contributed by atoms with Gasteiger partial charge < -0.3 is 11.1 Å². The maximum atomic E-state index is 11.1. The van der Waals surface area contributed by atoms with Crippen LogP contribution in [0.1, 0.15) is 33.1 Å². The van der Waals surface area contributed by atoms with Crippen molar-refractivity contribution in [3.05, 3.63) is 23.8 Å². The predicted octanol–water partition coefficient (Wildman–Crippen LogP) is 2.18. The van der Waals surface area contributed by atoms with Crippen molar-refractivity contribution in [2.45, 2.75) is 33.1 Å². The second-order valence-corrected chi connectivity index (χ2v) is 4.34. The first kappa shape index (κ1) is 11.7. The molecule has 0 spiro atoms. The van der Waals surface area contributed by atoms with Gasteiger partial charge in [-0.15, -0.1) is 0 Å². The summed E-state index contributed by atoms with van der Waals surface area (Å²) in [6, 6.07) is 0. The lowest BCUT2D eigenvalue weighted by Gasteiger charge is -2.22. The van der Waals surface area contributed by atoms with Crippen LogP contribution in [0, 0.1) is 10.8 Å². The molecule has 0 saturated carbocycles. The number of hydrogen-bond acceptors (Lipinski definition) is 2. The van der Waals surface area contributed by atoms with Crippen molar-refractivity contribution >= 4 is 11.6 Å². The number of primary amides is 1. The molecule has 82 valence electrons. The molecule has 3 nitrogen and oxygen atoms in total. The second-order valence-electron chi connectivity index (χ2n) is 4.34. The molecule has 1 rings (SSSR count). The van der Waals surface area contributed by atoms with Gasteiger partial charge in [-0.25, -0.2) is 0 Å². The lowest BCUT2D eigenvalue weighted by Crippen LogP contribution is -2.18. The van der Waals surface area contributed by atoms with Crippen molar-refractivity contribution in [3.8, 4) is 0 Å². The molecule has 1 aliphatic carbocycles. The molecule has 0 fully saturated rings. The Hall–Kier alpha value is -1.38. The smallest absolute Gasteiger partial charge is 0.250 e. The van der Waals surface area contributed by atoms with Gasteiger partial charge in [-0.2, -0.15) is 0 Å². The fourth-order valence-electron chi connectivity index (χ4n) is 1.88. The number of rotatable bonds is 3. The van der Waals surface area contributed by atoms with Crippen LogP contribution in [0.5, 0.6) is 0 Å². The summed E-state index contributed by atoms with van der Waals surface area (Å²) < 4.78 is 0. The molecule has 0 saturated heterocycles. The Bertz CT molecular complexity index is 342. The standard InChI is InChI=1S/C12H18N2O/c1-3-6-12(2)7-4-9(11(14)15)10(13)5-8-12/h4-5,8,13H,3,6-7H2,1-2H3,(H2,14,15). The summed E-state index contributed by atoms with van der Waals surface area (Å²) in [6.45, 7) is 4.27. The molecule has 1 unspecified atom stereocenters. The van der Waals surface area contributed by atoms with Crippen molar-refractivity contribution in [1.29, 1.82) is 5.41 Å². The van der Waals surface area contributed by atoms with Crippen molar-refractivity contribution < 1.29 is 4.79 Å². The van der Waals surface area contributed by atoms with Crippen LogP contribution >= 0.6 is 0 Å². The van der Waals surface area contributed by atoms with Crippen LogP contribution < -0.4 is 5.73 Å². The summed E-state index contributed by atoms with van der Waals surface area (Å²) in [5.41, 5.74) is 5.82. The SMILES string of the molecule is CCCC1(C)C=CC(=N)C(C(N)=O)=CC1. The number of allylic oxidation sites excluding steroid dienone is 3. The van der Waals surface area contributed by atoms with E-state index in [0.717, 1.165) is 19.3 Å². The molecule has 0 aromatic heterocycles. The molecule has 3 heteroatoms. The van der Waals surface area contributed by atoms with E-state index in [-0.39, 0.29) is 11.1 Å². The largest absolute Gasteiger partial charge is 0.366 e. The number of amides is 1. The Morgan fingerprint density at radius 1 is 1.67 bits per heavy atom. The van der Waals surface area contributed by atoms with Gasteiger partial charge in [-0.1, -0.05) is 32.4 Å². The molecule has 0 radical (unpaired) electrons. The highest BCUT2D eigenvalue weighted by atomic mass is 16.1. The third-order valence-corrected chi connectivity index (χ3v) is 2.80. The van der Waals surface area contributed by atoms with E-state index in [1.165, 1.54) is 0 Å². The minimum absolute atomic E-state index is 0.0538. The summed E-state index contributed by atoms with van der Waals surface area (Å²) >= 11 is 0. The highest BCUT2D eigenvalue weighted by Gasteiger charge is 2.23. The first-order valence-electron chi connectivity index (χ1n) is 5.26.